The molecule has 0 saturated heterocycles. The van der Waals surface area contributed by atoms with E-state index in [1.54, 1.807) is 0 Å². The van der Waals surface area contributed by atoms with E-state index in [4.69, 9.17) is 0 Å². The first-order valence-corrected chi connectivity index (χ1v) is 8.73. The zero-order chi connectivity index (χ0) is 13.4. The molecule has 2 aliphatic carbocycles. The van der Waals surface area contributed by atoms with Crippen molar-refractivity contribution < 1.29 is 0 Å². The van der Waals surface area contributed by atoms with Crippen LogP contribution < -0.4 is 0 Å². The highest BCUT2D eigenvalue weighted by Gasteiger charge is 2.21. The van der Waals surface area contributed by atoms with Crippen molar-refractivity contribution in [3.8, 4) is 0 Å². The van der Waals surface area contributed by atoms with E-state index in [2.05, 4.69) is 27.7 Å². The van der Waals surface area contributed by atoms with E-state index in [0.717, 1.165) is 23.7 Å². The molecule has 2 aliphatic rings. The Bertz CT molecular complexity index is 160. The van der Waals surface area contributed by atoms with Crippen LogP contribution in [0.4, 0.5) is 0 Å². The second-order valence-corrected chi connectivity index (χ2v) is 6.72. The van der Waals surface area contributed by atoms with E-state index in [1.165, 1.54) is 64.2 Å². The average Bonchev–Trinajstić information content (AvgIpc) is 3.07. The summed E-state index contributed by atoms with van der Waals surface area (Å²) < 4.78 is 0. The van der Waals surface area contributed by atoms with Gasteiger partial charge in [-0.05, 0) is 36.5 Å². The first-order valence-electron chi connectivity index (χ1n) is 8.73. The molecular weight excluding hydrogens is 239 g/mol. The molecule has 2 saturated carbocycles. The Morgan fingerprint density at radius 2 is 0.750 bits per heavy atom. The SMILES string of the molecule is C.CCC1CCC(CC)C1.CCC1CCC(CC)C1.[B]. The minimum Gasteiger partial charge on any atom is -0.0776 e. The summed E-state index contributed by atoms with van der Waals surface area (Å²) in [4.78, 5) is 0. The van der Waals surface area contributed by atoms with Crippen LogP contribution in [0.5, 0.6) is 0 Å². The number of hydrogen-bond donors (Lipinski definition) is 0. The van der Waals surface area contributed by atoms with Crippen molar-refractivity contribution >= 4 is 8.41 Å². The fourth-order valence-electron chi connectivity index (χ4n) is 3.84. The van der Waals surface area contributed by atoms with Crippen molar-refractivity contribution in [2.45, 2.75) is 99.3 Å². The Balaban J connectivity index is 0. The van der Waals surface area contributed by atoms with Gasteiger partial charge >= 0.3 is 0 Å². The molecule has 2 fully saturated rings. The Morgan fingerprint density at radius 3 is 0.850 bits per heavy atom. The standard InChI is InChI=1S/2C9H18.CH4.B/c2*1-3-8-5-6-9(4-2)7-8;;/h2*8-9H,3-7H2,1-2H3;1H4;. The molecule has 0 N–H and O–H groups in total. The van der Waals surface area contributed by atoms with E-state index in [1.807, 2.05) is 0 Å². The van der Waals surface area contributed by atoms with Gasteiger partial charge in [-0.25, -0.2) is 0 Å². The molecule has 20 heavy (non-hydrogen) atoms. The van der Waals surface area contributed by atoms with E-state index in [0.29, 0.717) is 0 Å². The zero-order valence-corrected chi connectivity index (χ0v) is 14.0. The lowest BCUT2D eigenvalue weighted by atomic mass is 10.0. The van der Waals surface area contributed by atoms with Gasteiger partial charge in [0.1, 0.15) is 0 Å². The molecule has 0 spiro atoms. The number of hydrogen-bond acceptors (Lipinski definition) is 0. The van der Waals surface area contributed by atoms with Crippen molar-refractivity contribution in [1.82, 2.24) is 0 Å². The van der Waals surface area contributed by atoms with Crippen molar-refractivity contribution in [2.24, 2.45) is 23.7 Å². The third-order valence-electron chi connectivity index (χ3n) is 5.61. The van der Waals surface area contributed by atoms with Gasteiger partial charge in [-0.15, -0.1) is 0 Å². The lowest BCUT2D eigenvalue weighted by molar-refractivity contribution is 0.471. The smallest absolute Gasteiger partial charge is 0 e. The van der Waals surface area contributed by atoms with Gasteiger partial charge in [-0.2, -0.15) is 0 Å². The van der Waals surface area contributed by atoms with Gasteiger partial charge < -0.3 is 0 Å². The maximum absolute atomic E-state index is 2.32. The van der Waals surface area contributed by atoms with Crippen molar-refractivity contribution in [2.75, 3.05) is 0 Å². The molecule has 4 unspecified atom stereocenters. The average molecular weight is 279 g/mol. The van der Waals surface area contributed by atoms with Crippen LogP contribution in [0.3, 0.4) is 0 Å². The molecule has 0 bridgehead atoms. The van der Waals surface area contributed by atoms with Crippen molar-refractivity contribution in [3.63, 3.8) is 0 Å². The second kappa shape index (κ2) is 12.8. The van der Waals surface area contributed by atoms with Crippen LogP contribution in [0.1, 0.15) is 99.3 Å². The van der Waals surface area contributed by atoms with E-state index in [-0.39, 0.29) is 15.8 Å². The highest BCUT2D eigenvalue weighted by Crippen LogP contribution is 2.35. The highest BCUT2D eigenvalue weighted by molar-refractivity contribution is 5.75. The lowest BCUT2D eigenvalue weighted by Crippen LogP contribution is -1.92. The molecule has 1 heteroatoms. The molecule has 0 amide bonds. The van der Waals surface area contributed by atoms with Gasteiger partial charge in [0.05, 0.1) is 0 Å². The first-order chi connectivity index (χ1) is 8.73. The minimum atomic E-state index is 0. The first kappa shape index (κ1) is 22.3. The molecule has 0 aromatic heterocycles. The van der Waals surface area contributed by atoms with Crippen LogP contribution in [-0.4, -0.2) is 8.41 Å². The van der Waals surface area contributed by atoms with Gasteiger partial charge in [0.25, 0.3) is 0 Å². The van der Waals surface area contributed by atoms with Crippen LogP contribution in [0.25, 0.3) is 0 Å². The van der Waals surface area contributed by atoms with Crippen molar-refractivity contribution in [3.05, 3.63) is 0 Å². The lowest BCUT2D eigenvalue weighted by Gasteiger charge is -2.05. The Morgan fingerprint density at radius 1 is 0.550 bits per heavy atom. The molecule has 119 valence electrons. The molecule has 4 atom stereocenters. The fourth-order valence-corrected chi connectivity index (χ4v) is 3.84. The molecule has 0 aromatic rings. The zero-order valence-electron chi connectivity index (χ0n) is 14.0. The minimum absolute atomic E-state index is 0. The third kappa shape index (κ3) is 7.74. The molecular formula is C19H40B. The maximum Gasteiger partial charge on any atom is 0 e. The van der Waals surface area contributed by atoms with Gasteiger partial charge in [-0.3, -0.25) is 0 Å². The van der Waals surface area contributed by atoms with E-state index in [9.17, 15) is 0 Å². The van der Waals surface area contributed by atoms with Gasteiger partial charge in [0.2, 0.25) is 0 Å². The summed E-state index contributed by atoms with van der Waals surface area (Å²) in [7, 11) is 0. The summed E-state index contributed by atoms with van der Waals surface area (Å²) in [6.07, 6.45) is 14.7. The van der Waals surface area contributed by atoms with Gasteiger partial charge in [0, 0.05) is 8.41 Å². The van der Waals surface area contributed by atoms with Crippen LogP contribution in [0.2, 0.25) is 0 Å². The predicted octanol–water partition coefficient (Wildman–Crippen LogP) is 6.70. The largest absolute Gasteiger partial charge is 0.0776 e. The molecule has 0 heterocycles. The van der Waals surface area contributed by atoms with Crippen LogP contribution in [-0.2, 0) is 0 Å². The molecule has 0 aliphatic heterocycles. The third-order valence-corrected chi connectivity index (χ3v) is 5.61. The van der Waals surface area contributed by atoms with E-state index >= 15 is 0 Å². The summed E-state index contributed by atoms with van der Waals surface area (Å²) in [5.41, 5.74) is 0. The normalized spacial score (nSPS) is 31.8. The maximum atomic E-state index is 2.32. The summed E-state index contributed by atoms with van der Waals surface area (Å²) in [6.45, 7) is 9.29. The van der Waals surface area contributed by atoms with Crippen LogP contribution in [0, 0.1) is 23.7 Å². The fraction of sp³-hybridized carbons (Fsp3) is 1.00. The van der Waals surface area contributed by atoms with Crippen LogP contribution in [0.15, 0.2) is 0 Å². The summed E-state index contributed by atoms with van der Waals surface area (Å²) >= 11 is 0. The highest BCUT2D eigenvalue weighted by atomic mass is 14.3. The van der Waals surface area contributed by atoms with E-state index < -0.39 is 0 Å². The molecule has 0 nitrogen and oxygen atoms in total. The summed E-state index contributed by atoms with van der Waals surface area (Å²) in [5.74, 6) is 4.31. The molecule has 0 aromatic carbocycles. The molecule has 3 radical (unpaired) electrons. The topological polar surface area (TPSA) is 0 Å². The number of rotatable bonds is 4. The Labute approximate surface area is 132 Å². The van der Waals surface area contributed by atoms with Gasteiger partial charge in [-0.1, -0.05) is 86.5 Å². The predicted molar refractivity (Wildman–Crippen MR) is 95.3 cm³/mol. The Kier molecular flexibility index (Phi) is 14.3. The Hall–Kier alpha value is 0.0649. The second-order valence-electron chi connectivity index (χ2n) is 6.72. The monoisotopic (exact) mass is 279 g/mol. The van der Waals surface area contributed by atoms with Gasteiger partial charge in [0.15, 0.2) is 0 Å². The summed E-state index contributed by atoms with van der Waals surface area (Å²) in [6, 6.07) is 0. The quantitative estimate of drug-likeness (QED) is 0.502. The van der Waals surface area contributed by atoms with Crippen LogP contribution >= 0.6 is 0 Å². The summed E-state index contributed by atoms with van der Waals surface area (Å²) in [5, 5.41) is 0. The van der Waals surface area contributed by atoms with Crippen molar-refractivity contribution in [1.29, 1.82) is 0 Å². The molecule has 2 rings (SSSR count).